The lowest BCUT2D eigenvalue weighted by atomic mass is 10.1. The predicted octanol–water partition coefficient (Wildman–Crippen LogP) is 1.63. The molecule has 1 aromatic carbocycles. The van der Waals surface area contributed by atoms with Crippen molar-refractivity contribution < 1.29 is 9.72 Å². The van der Waals surface area contributed by atoms with Crippen molar-refractivity contribution in [3.63, 3.8) is 0 Å². The van der Waals surface area contributed by atoms with Crippen molar-refractivity contribution >= 4 is 24.2 Å². The van der Waals surface area contributed by atoms with E-state index >= 15 is 0 Å². The highest BCUT2D eigenvalue weighted by Crippen LogP contribution is 2.23. The molecule has 1 unspecified atom stereocenters. The van der Waals surface area contributed by atoms with E-state index in [1.807, 2.05) is 0 Å². The number of rotatable bonds is 3. The monoisotopic (exact) mass is 252 g/mol. The summed E-state index contributed by atoms with van der Waals surface area (Å²) in [6.45, 7) is 0.895. The number of nitro groups is 1. The van der Waals surface area contributed by atoms with E-state index in [-0.39, 0.29) is 23.4 Å². The highest BCUT2D eigenvalue weighted by Gasteiger charge is 2.29. The van der Waals surface area contributed by atoms with Crippen LogP contribution in [0.25, 0.3) is 0 Å². The van der Waals surface area contributed by atoms with E-state index in [1.165, 1.54) is 6.07 Å². The topological polar surface area (TPSA) is 63.5 Å². The summed E-state index contributed by atoms with van der Waals surface area (Å²) in [5, 5.41) is 10.6. The zero-order valence-electron chi connectivity index (χ0n) is 9.07. The minimum Gasteiger partial charge on any atom is -0.337 e. The molecule has 0 aromatic heterocycles. The van der Waals surface area contributed by atoms with Crippen LogP contribution in [0.4, 0.5) is 5.69 Å². The fourth-order valence-electron chi connectivity index (χ4n) is 1.91. The second kappa shape index (κ2) is 4.75. The average molecular weight is 252 g/mol. The summed E-state index contributed by atoms with van der Waals surface area (Å²) in [4.78, 5) is 23.7. The van der Waals surface area contributed by atoms with Gasteiger partial charge in [0.15, 0.2) is 0 Å². The maximum Gasteiger partial charge on any atom is 0.274 e. The third kappa shape index (κ3) is 2.41. The van der Waals surface area contributed by atoms with Gasteiger partial charge in [-0.25, -0.2) is 0 Å². The Morgan fingerprint density at radius 2 is 2.18 bits per heavy atom. The molecule has 0 radical (unpaired) electrons. The van der Waals surface area contributed by atoms with Gasteiger partial charge in [-0.2, -0.15) is 12.6 Å². The van der Waals surface area contributed by atoms with Crippen LogP contribution in [0.2, 0.25) is 0 Å². The first-order valence-electron chi connectivity index (χ1n) is 5.28. The molecule has 1 heterocycles. The highest BCUT2D eigenvalue weighted by molar-refractivity contribution is 7.81. The van der Waals surface area contributed by atoms with Gasteiger partial charge in [-0.15, -0.1) is 0 Å². The Morgan fingerprint density at radius 3 is 2.76 bits per heavy atom. The molecule has 1 aliphatic rings. The molecule has 1 aliphatic heterocycles. The number of nitrogens with zero attached hydrogens (tertiary/aromatic N) is 2. The smallest absolute Gasteiger partial charge is 0.274 e. The Hall–Kier alpha value is -1.56. The molecule has 0 saturated carbocycles. The number of carbonyl (C=O) groups is 1. The Labute approximate surface area is 104 Å². The molecule has 1 saturated heterocycles. The van der Waals surface area contributed by atoms with E-state index in [9.17, 15) is 14.9 Å². The molecule has 5 nitrogen and oxygen atoms in total. The predicted molar refractivity (Wildman–Crippen MR) is 65.9 cm³/mol. The molecule has 1 aromatic rings. The molecule has 17 heavy (non-hydrogen) atoms. The Balaban J connectivity index is 2.19. The van der Waals surface area contributed by atoms with Gasteiger partial charge in [-0.05, 0) is 6.42 Å². The molecule has 90 valence electrons. The maximum atomic E-state index is 11.7. The molecule has 1 atom stereocenters. The molecule has 0 bridgehead atoms. The van der Waals surface area contributed by atoms with Gasteiger partial charge in [0.2, 0.25) is 5.91 Å². The van der Waals surface area contributed by atoms with Crippen LogP contribution in [0.5, 0.6) is 0 Å². The van der Waals surface area contributed by atoms with Crippen LogP contribution in [0.3, 0.4) is 0 Å². The fraction of sp³-hybridized carbons (Fsp3) is 0.364. The van der Waals surface area contributed by atoms with Crippen LogP contribution < -0.4 is 0 Å². The summed E-state index contributed by atoms with van der Waals surface area (Å²) in [7, 11) is 0. The number of hydrogen-bond acceptors (Lipinski definition) is 4. The lowest BCUT2D eigenvalue weighted by Crippen LogP contribution is -2.27. The van der Waals surface area contributed by atoms with Crippen molar-refractivity contribution in [2.75, 3.05) is 6.54 Å². The zero-order valence-corrected chi connectivity index (χ0v) is 9.97. The van der Waals surface area contributed by atoms with Gasteiger partial charge in [-0.1, -0.05) is 18.2 Å². The average Bonchev–Trinajstić information content (AvgIpc) is 2.61. The second-order valence-corrected chi connectivity index (χ2v) is 4.57. The first-order chi connectivity index (χ1) is 8.09. The third-order valence-electron chi connectivity index (χ3n) is 2.82. The van der Waals surface area contributed by atoms with Crippen molar-refractivity contribution in [2.45, 2.75) is 18.2 Å². The second-order valence-electron chi connectivity index (χ2n) is 3.95. The number of thiol groups is 1. The lowest BCUT2D eigenvalue weighted by molar-refractivity contribution is -0.385. The molecule has 0 spiro atoms. The van der Waals surface area contributed by atoms with Gasteiger partial charge in [0.25, 0.3) is 5.69 Å². The third-order valence-corrected chi connectivity index (χ3v) is 3.30. The van der Waals surface area contributed by atoms with E-state index in [1.54, 1.807) is 23.1 Å². The lowest BCUT2D eigenvalue weighted by Gasteiger charge is -2.15. The first kappa shape index (κ1) is 11.9. The van der Waals surface area contributed by atoms with Crippen LogP contribution in [0.1, 0.15) is 12.0 Å². The Morgan fingerprint density at radius 1 is 1.47 bits per heavy atom. The van der Waals surface area contributed by atoms with Crippen molar-refractivity contribution in [3.05, 3.63) is 39.9 Å². The summed E-state index contributed by atoms with van der Waals surface area (Å²) in [6, 6.07) is 6.49. The Kier molecular flexibility index (Phi) is 3.33. The number of benzene rings is 1. The van der Waals surface area contributed by atoms with Crippen LogP contribution in [0.15, 0.2) is 24.3 Å². The van der Waals surface area contributed by atoms with E-state index in [0.29, 0.717) is 18.5 Å². The van der Waals surface area contributed by atoms with Gasteiger partial charge in [-0.3, -0.25) is 14.9 Å². The largest absolute Gasteiger partial charge is 0.337 e. The number of para-hydroxylation sites is 1. The first-order valence-corrected chi connectivity index (χ1v) is 5.80. The molecule has 0 aliphatic carbocycles. The minimum atomic E-state index is -0.423. The van der Waals surface area contributed by atoms with E-state index in [2.05, 4.69) is 12.6 Å². The van der Waals surface area contributed by atoms with Crippen molar-refractivity contribution in [1.82, 2.24) is 4.90 Å². The SMILES string of the molecule is O=C1C(S)CCN1Cc1ccccc1[N+](=O)[O-]. The van der Waals surface area contributed by atoms with E-state index < -0.39 is 4.92 Å². The summed E-state index contributed by atoms with van der Waals surface area (Å²) in [5.74, 6) is -0.0496. The van der Waals surface area contributed by atoms with Crippen LogP contribution in [-0.2, 0) is 11.3 Å². The molecule has 1 amide bonds. The van der Waals surface area contributed by atoms with Crippen molar-refractivity contribution in [2.24, 2.45) is 0 Å². The van der Waals surface area contributed by atoms with Gasteiger partial charge in [0, 0.05) is 18.2 Å². The number of likely N-dealkylation sites (tertiary alicyclic amines) is 1. The number of hydrogen-bond donors (Lipinski definition) is 1. The molecular formula is C11H12N2O3S. The maximum absolute atomic E-state index is 11.7. The minimum absolute atomic E-state index is 0.0496. The van der Waals surface area contributed by atoms with E-state index in [4.69, 9.17) is 0 Å². The van der Waals surface area contributed by atoms with Crippen molar-refractivity contribution in [3.8, 4) is 0 Å². The highest BCUT2D eigenvalue weighted by atomic mass is 32.1. The molecule has 0 N–H and O–H groups in total. The fourth-order valence-corrected chi connectivity index (χ4v) is 2.19. The summed E-state index contributed by atoms with van der Waals surface area (Å²) < 4.78 is 0. The number of nitro benzene ring substituents is 1. The molecule has 6 heteroatoms. The van der Waals surface area contributed by atoms with E-state index in [0.717, 1.165) is 0 Å². The Bertz CT molecular complexity index is 464. The van der Waals surface area contributed by atoms with Gasteiger partial charge in [0.05, 0.1) is 16.7 Å². The van der Waals surface area contributed by atoms with Crippen LogP contribution in [0, 0.1) is 10.1 Å². The normalized spacial score (nSPS) is 19.7. The standard InChI is InChI=1S/C11H12N2O3S/c14-11-10(17)5-6-12(11)7-8-3-1-2-4-9(8)13(15)16/h1-4,10,17H,5-7H2. The number of amides is 1. The van der Waals surface area contributed by atoms with Gasteiger partial charge >= 0.3 is 0 Å². The summed E-state index contributed by atoms with van der Waals surface area (Å²) in [5.41, 5.74) is 0.621. The van der Waals surface area contributed by atoms with Crippen LogP contribution >= 0.6 is 12.6 Å². The number of carbonyl (C=O) groups excluding carboxylic acids is 1. The summed E-state index contributed by atoms with van der Waals surface area (Å²) in [6.07, 6.45) is 0.697. The molecule has 2 rings (SSSR count). The molecule has 1 fully saturated rings. The van der Waals surface area contributed by atoms with Crippen LogP contribution in [-0.4, -0.2) is 27.5 Å². The zero-order chi connectivity index (χ0) is 12.4. The summed E-state index contributed by atoms with van der Waals surface area (Å²) >= 11 is 4.15. The van der Waals surface area contributed by atoms with Crippen molar-refractivity contribution in [1.29, 1.82) is 0 Å². The molecular weight excluding hydrogens is 240 g/mol. The van der Waals surface area contributed by atoms with Gasteiger partial charge in [0.1, 0.15) is 0 Å². The van der Waals surface area contributed by atoms with Gasteiger partial charge < -0.3 is 4.90 Å². The quantitative estimate of drug-likeness (QED) is 0.505.